The Hall–Kier alpha value is -1.48. The minimum absolute atomic E-state index is 0.0365. The molecule has 0 saturated heterocycles. The fraction of sp³-hybridized carbons (Fsp3) is 0.800. The number of amides is 1. The summed E-state index contributed by atoms with van der Waals surface area (Å²) in [5.41, 5.74) is 0. The Balaban J connectivity index is 3.97. The van der Waals surface area contributed by atoms with Crippen LogP contribution >= 0.6 is 0 Å². The second-order valence-electron chi connectivity index (χ2n) is 4.10. The molecule has 1 unspecified atom stereocenters. The third-order valence-electron chi connectivity index (χ3n) is 2.35. The lowest BCUT2D eigenvalue weighted by molar-refractivity contribution is -0.173. The van der Waals surface area contributed by atoms with Crippen molar-refractivity contribution >= 4 is 11.9 Å². The molecule has 4 nitrogen and oxygen atoms in total. The van der Waals surface area contributed by atoms with Crippen molar-refractivity contribution < 1.29 is 41.0 Å². The first-order chi connectivity index (χ1) is 8.93. The van der Waals surface area contributed by atoms with Crippen molar-refractivity contribution in [3.05, 3.63) is 0 Å². The summed E-state index contributed by atoms with van der Waals surface area (Å²) in [5, 5.41) is 10.1. The van der Waals surface area contributed by atoms with Crippen LogP contribution in [0.2, 0.25) is 0 Å². The van der Waals surface area contributed by atoms with Gasteiger partial charge in [0.1, 0.15) is 0 Å². The predicted molar refractivity (Wildman–Crippen MR) is 54.7 cm³/mol. The first kappa shape index (κ1) is 18.5. The van der Waals surface area contributed by atoms with Crippen LogP contribution in [0.15, 0.2) is 0 Å². The number of unbranched alkanes of at least 4 members (excludes halogenated alkanes) is 1. The molecule has 0 radical (unpaired) electrons. The molecular weight excluding hydrogens is 296 g/mol. The molecule has 0 aliphatic carbocycles. The number of carbonyl (C=O) groups excluding carboxylic acids is 1. The zero-order valence-corrected chi connectivity index (χ0v) is 10.1. The van der Waals surface area contributed by atoms with Crippen molar-refractivity contribution in [3.8, 4) is 0 Å². The molecule has 0 aliphatic heterocycles. The van der Waals surface area contributed by atoms with E-state index < -0.39 is 36.6 Å². The largest absolute Gasteiger partial charge is 0.481 e. The summed E-state index contributed by atoms with van der Waals surface area (Å²) in [4.78, 5) is 20.9. The Kier molecular flexibility index (Phi) is 6.80. The van der Waals surface area contributed by atoms with Crippen LogP contribution in [-0.4, -0.2) is 35.9 Å². The maximum Gasteiger partial charge on any atom is 0.471 e. The van der Waals surface area contributed by atoms with Crippen molar-refractivity contribution in [1.82, 2.24) is 5.32 Å². The lowest BCUT2D eigenvalue weighted by atomic mass is 9.98. The van der Waals surface area contributed by atoms with Gasteiger partial charge in [0.25, 0.3) is 0 Å². The van der Waals surface area contributed by atoms with Crippen molar-refractivity contribution in [2.45, 2.75) is 38.0 Å². The second kappa shape index (κ2) is 7.34. The Bertz CT molecular complexity index is 339. The average Bonchev–Trinajstić information content (AvgIpc) is 2.23. The van der Waals surface area contributed by atoms with Crippen LogP contribution in [0.25, 0.3) is 0 Å². The highest BCUT2D eigenvalue weighted by atomic mass is 19.4. The van der Waals surface area contributed by atoms with E-state index in [4.69, 9.17) is 5.11 Å². The summed E-state index contributed by atoms with van der Waals surface area (Å²) in [6.07, 6.45) is -11.5. The van der Waals surface area contributed by atoms with E-state index in [1.54, 1.807) is 5.32 Å². The van der Waals surface area contributed by atoms with Crippen LogP contribution in [0.3, 0.4) is 0 Å². The van der Waals surface area contributed by atoms with Crippen molar-refractivity contribution in [3.63, 3.8) is 0 Å². The Labute approximate surface area is 110 Å². The summed E-state index contributed by atoms with van der Waals surface area (Å²) in [6.45, 7) is -0.378. The van der Waals surface area contributed by atoms with Crippen LogP contribution < -0.4 is 5.32 Å². The minimum Gasteiger partial charge on any atom is -0.481 e. The first-order valence-corrected chi connectivity index (χ1v) is 5.58. The minimum atomic E-state index is -5.01. The molecule has 1 atom stereocenters. The molecule has 118 valence electrons. The number of carboxylic acid groups (broad SMARTS) is 1. The van der Waals surface area contributed by atoms with Gasteiger partial charge < -0.3 is 10.4 Å². The van der Waals surface area contributed by atoms with Gasteiger partial charge in [-0.05, 0) is 12.8 Å². The molecule has 0 aromatic rings. The van der Waals surface area contributed by atoms with E-state index in [9.17, 15) is 35.9 Å². The number of carbonyl (C=O) groups is 2. The monoisotopic (exact) mass is 309 g/mol. The average molecular weight is 309 g/mol. The third-order valence-corrected chi connectivity index (χ3v) is 2.35. The lowest BCUT2D eigenvalue weighted by Crippen LogP contribution is -2.37. The quantitative estimate of drug-likeness (QED) is 0.561. The van der Waals surface area contributed by atoms with Gasteiger partial charge in [0.05, 0.1) is 12.3 Å². The maximum absolute atomic E-state index is 12.0. The van der Waals surface area contributed by atoms with E-state index in [1.807, 2.05) is 0 Å². The number of halogens is 6. The Morgan fingerprint density at radius 2 is 1.60 bits per heavy atom. The van der Waals surface area contributed by atoms with E-state index in [2.05, 4.69) is 0 Å². The summed E-state index contributed by atoms with van der Waals surface area (Å²) in [7, 11) is 0. The van der Waals surface area contributed by atoms with E-state index in [1.165, 1.54) is 0 Å². The zero-order valence-electron chi connectivity index (χ0n) is 10.1. The first-order valence-electron chi connectivity index (χ1n) is 5.58. The lowest BCUT2D eigenvalue weighted by Gasteiger charge is -2.14. The SMILES string of the molecule is O=C(O)C(CCCCNC(=O)C(F)(F)F)CC(F)(F)F. The summed E-state index contributed by atoms with van der Waals surface area (Å²) < 4.78 is 71.4. The molecule has 0 aliphatic rings. The van der Waals surface area contributed by atoms with Crippen molar-refractivity contribution in [2.75, 3.05) is 6.54 Å². The highest BCUT2D eigenvalue weighted by molar-refractivity contribution is 5.81. The van der Waals surface area contributed by atoms with E-state index >= 15 is 0 Å². The van der Waals surface area contributed by atoms with Crippen LogP contribution in [0.1, 0.15) is 25.7 Å². The van der Waals surface area contributed by atoms with Crippen LogP contribution in [0.5, 0.6) is 0 Å². The van der Waals surface area contributed by atoms with Gasteiger partial charge in [0, 0.05) is 6.54 Å². The van der Waals surface area contributed by atoms with Crippen LogP contribution in [0, 0.1) is 5.92 Å². The summed E-state index contributed by atoms with van der Waals surface area (Å²) >= 11 is 0. The summed E-state index contributed by atoms with van der Waals surface area (Å²) in [6, 6.07) is 0. The normalized spacial score (nSPS) is 13.9. The van der Waals surface area contributed by atoms with Crippen LogP contribution in [-0.2, 0) is 9.59 Å². The molecule has 0 aromatic carbocycles. The molecule has 0 bridgehead atoms. The number of hydrogen-bond donors (Lipinski definition) is 2. The van der Waals surface area contributed by atoms with Gasteiger partial charge in [-0.25, -0.2) is 0 Å². The number of nitrogens with one attached hydrogen (secondary N) is 1. The topological polar surface area (TPSA) is 66.4 Å². The number of carboxylic acids is 1. The summed E-state index contributed by atoms with van der Waals surface area (Å²) in [5.74, 6) is -5.38. The van der Waals surface area contributed by atoms with Gasteiger partial charge in [-0.2, -0.15) is 26.3 Å². The standard InChI is InChI=1S/C10H13F6NO3/c11-9(12,13)5-6(7(18)19)3-1-2-4-17-8(20)10(14,15)16/h6H,1-5H2,(H,17,20)(H,18,19). The molecule has 0 aromatic heterocycles. The second-order valence-corrected chi connectivity index (χ2v) is 4.10. The van der Waals surface area contributed by atoms with Crippen molar-refractivity contribution in [2.24, 2.45) is 5.92 Å². The highest BCUT2D eigenvalue weighted by Gasteiger charge is 2.38. The predicted octanol–water partition coefficient (Wildman–Crippen LogP) is 2.49. The molecule has 0 fully saturated rings. The number of rotatable bonds is 7. The zero-order chi connectivity index (χ0) is 16.0. The number of aliphatic carboxylic acids is 1. The number of alkyl halides is 6. The fourth-order valence-electron chi connectivity index (χ4n) is 1.41. The van der Waals surface area contributed by atoms with Crippen LogP contribution in [0.4, 0.5) is 26.3 Å². The smallest absolute Gasteiger partial charge is 0.471 e. The molecule has 2 N–H and O–H groups in total. The molecule has 10 heteroatoms. The van der Waals surface area contributed by atoms with E-state index in [0.717, 1.165) is 0 Å². The molecular formula is C10H13F6NO3. The highest BCUT2D eigenvalue weighted by Crippen LogP contribution is 2.27. The van der Waals surface area contributed by atoms with Gasteiger partial charge in [0.2, 0.25) is 0 Å². The molecule has 0 saturated carbocycles. The molecule has 0 heterocycles. The van der Waals surface area contributed by atoms with Gasteiger partial charge in [-0.15, -0.1) is 0 Å². The van der Waals surface area contributed by atoms with Gasteiger partial charge >= 0.3 is 24.2 Å². The van der Waals surface area contributed by atoms with E-state index in [0.29, 0.717) is 0 Å². The Morgan fingerprint density at radius 3 is 2.00 bits per heavy atom. The molecule has 0 rings (SSSR count). The maximum atomic E-state index is 12.0. The molecule has 0 spiro atoms. The van der Waals surface area contributed by atoms with Crippen molar-refractivity contribution in [1.29, 1.82) is 0 Å². The molecule has 1 amide bonds. The van der Waals surface area contributed by atoms with E-state index in [-0.39, 0.29) is 25.8 Å². The fourth-order valence-corrected chi connectivity index (χ4v) is 1.41. The van der Waals surface area contributed by atoms with Gasteiger partial charge in [-0.3, -0.25) is 9.59 Å². The van der Waals surface area contributed by atoms with Gasteiger partial charge in [0.15, 0.2) is 0 Å². The number of hydrogen-bond acceptors (Lipinski definition) is 2. The van der Waals surface area contributed by atoms with Gasteiger partial charge in [-0.1, -0.05) is 6.42 Å². The Morgan fingerprint density at radius 1 is 1.05 bits per heavy atom. The molecule has 20 heavy (non-hydrogen) atoms. The third kappa shape index (κ3) is 8.59.